The minimum absolute atomic E-state index is 0.572. The highest BCUT2D eigenvalue weighted by Gasteiger charge is 2.07. The highest BCUT2D eigenvalue weighted by atomic mass is 16.1. The van der Waals surface area contributed by atoms with Crippen molar-refractivity contribution in [2.24, 2.45) is 4.99 Å². The molecule has 21 heavy (non-hydrogen) atoms. The number of isocyanates is 1. The molecule has 0 saturated heterocycles. The Balaban J connectivity index is 1.89. The van der Waals surface area contributed by atoms with Crippen LogP contribution in [0.1, 0.15) is 5.56 Å². The van der Waals surface area contributed by atoms with Crippen molar-refractivity contribution in [3.63, 3.8) is 0 Å². The largest absolute Gasteiger partial charge is 0.309 e. The summed E-state index contributed by atoms with van der Waals surface area (Å²) in [5.41, 5.74) is 2.68. The van der Waals surface area contributed by atoms with Crippen LogP contribution >= 0.6 is 0 Å². The monoisotopic (exact) mass is 276 g/mol. The third kappa shape index (κ3) is 2.94. The van der Waals surface area contributed by atoms with Crippen LogP contribution in [-0.2, 0) is 11.3 Å². The van der Waals surface area contributed by atoms with E-state index in [1.54, 1.807) is 18.5 Å². The molecule has 1 aromatic heterocycles. The predicted octanol–water partition coefficient (Wildman–Crippen LogP) is 2.96. The van der Waals surface area contributed by atoms with Crippen LogP contribution in [0.15, 0.2) is 65.9 Å². The van der Waals surface area contributed by atoms with Gasteiger partial charge in [0.15, 0.2) is 5.82 Å². The van der Waals surface area contributed by atoms with Crippen LogP contribution < -0.4 is 0 Å². The lowest BCUT2D eigenvalue weighted by Gasteiger charge is -2.06. The van der Waals surface area contributed by atoms with Crippen molar-refractivity contribution >= 4 is 11.8 Å². The van der Waals surface area contributed by atoms with Crippen LogP contribution in [0.5, 0.6) is 0 Å². The quantitative estimate of drug-likeness (QED) is 0.543. The summed E-state index contributed by atoms with van der Waals surface area (Å²) in [7, 11) is 0. The first kappa shape index (κ1) is 13.0. The molecule has 0 atom stereocenters. The molecule has 0 radical (unpaired) electrons. The van der Waals surface area contributed by atoms with E-state index in [-0.39, 0.29) is 0 Å². The maximum Gasteiger partial charge on any atom is 0.240 e. The highest BCUT2D eigenvalue weighted by Crippen LogP contribution is 2.21. The van der Waals surface area contributed by atoms with Gasteiger partial charge in [0.1, 0.15) is 6.33 Å². The van der Waals surface area contributed by atoms with Crippen molar-refractivity contribution in [2.45, 2.75) is 6.54 Å². The zero-order valence-corrected chi connectivity index (χ0v) is 11.2. The zero-order chi connectivity index (χ0) is 14.5. The van der Waals surface area contributed by atoms with Crippen LogP contribution in [0.4, 0.5) is 5.69 Å². The molecule has 5 nitrogen and oxygen atoms in total. The van der Waals surface area contributed by atoms with Crippen LogP contribution in [0.25, 0.3) is 11.4 Å². The minimum Gasteiger partial charge on any atom is -0.309 e. The molecular weight excluding hydrogens is 264 g/mol. The third-order valence-electron chi connectivity index (χ3n) is 3.11. The van der Waals surface area contributed by atoms with Crippen molar-refractivity contribution in [2.75, 3.05) is 0 Å². The van der Waals surface area contributed by atoms with Gasteiger partial charge in [-0.25, -0.2) is 4.79 Å². The van der Waals surface area contributed by atoms with E-state index >= 15 is 0 Å². The van der Waals surface area contributed by atoms with Crippen LogP contribution in [0, 0.1) is 0 Å². The van der Waals surface area contributed by atoms with Crippen molar-refractivity contribution in [1.82, 2.24) is 14.8 Å². The number of carbonyl (C=O) groups excluding carboxylic acids is 1. The molecule has 0 fully saturated rings. The lowest BCUT2D eigenvalue weighted by molar-refractivity contribution is 0.565. The van der Waals surface area contributed by atoms with Gasteiger partial charge >= 0.3 is 0 Å². The molecule has 3 aromatic rings. The number of rotatable bonds is 4. The second-order valence-corrected chi connectivity index (χ2v) is 4.52. The molecule has 0 spiro atoms. The van der Waals surface area contributed by atoms with Crippen molar-refractivity contribution in [3.05, 3.63) is 66.5 Å². The van der Waals surface area contributed by atoms with E-state index in [1.165, 1.54) is 11.6 Å². The molecule has 0 unspecified atom stereocenters. The molecule has 1 heterocycles. The Morgan fingerprint density at radius 3 is 2.52 bits per heavy atom. The highest BCUT2D eigenvalue weighted by molar-refractivity contribution is 5.60. The fourth-order valence-corrected chi connectivity index (χ4v) is 2.11. The number of benzene rings is 2. The summed E-state index contributed by atoms with van der Waals surface area (Å²) in [6.07, 6.45) is 3.23. The van der Waals surface area contributed by atoms with Gasteiger partial charge in [0.25, 0.3) is 0 Å². The SMILES string of the molecule is O=C=Nc1ccc(-c2nncn2Cc2ccccc2)cc1. The van der Waals surface area contributed by atoms with E-state index in [0.717, 1.165) is 11.4 Å². The molecule has 0 N–H and O–H groups in total. The average molecular weight is 276 g/mol. The Labute approximate surface area is 121 Å². The Morgan fingerprint density at radius 2 is 1.81 bits per heavy atom. The first-order valence-corrected chi connectivity index (χ1v) is 6.47. The summed E-state index contributed by atoms with van der Waals surface area (Å²) in [5.74, 6) is 0.778. The predicted molar refractivity (Wildman–Crippen MR) is 78.8 cm³/mol. The normalized spacial score (nSPS) is 10.1. The number of nitrogens with zero attached hydrogens (tertiary/aromatic N) is 4. The summed E-state index contributed by atoms with van der Waals surface area (Å²) in [4.78, 5) is 13.8. The summed E-state index contributed by atoms with van der Waals surface area (Å²) >= 11 is 0. The molecule has 0 bridgehead atoms. The van der Waals surface area contributed by atoms with Crippen molar-refractivity contribution in [1.29, 1.82) is 0 Å². The smallest absolute Gasteiger partial charge is 0.240 e. The lowest BCUT2D eigenvalue weighted by Crippen LogP contribution is -2.00. The molecule has 2 aromatic carbocycles. The Hall–Kier alpha value is -3.04. The Kier molecular flexibility index (Phi) is 3.67. The van der Waals surface area contributed by atoms with Gasteiger partial charge < -0.3 is 4.57 Å². The zero-order valence-electron chi connectivity index (χ0n) is 11.2. The fraction of sp³-hybridized carbons (Fsp3) is 0.0625. The van der Waals surface area contributed by atoms with Crippen LogP contribution in [0.3, 0.4) is 0 Å². The summed E-state index contributed by atoms with van der Waals surface area (Å²) in [6.45, 7) is 0.706. The van der Waals surface area contributed by atoms with E-state index in [1.807, 2.05) is 34.9 Å². The fourth-order valence-electron chi connectivity index (χ4n) is 2.11. The Morgan fingerprint density at radius 1 is 1.05 bits per heavy atom. The van der Waals surface area contributed by atoms with E-state index < -0.39 is 0 Å². The molecule has 0 aliphatic heterocycles. The molecule has 0 aliphatic rings. The molecule has 5 heteroatoms. The van der Waals surface area contributed by atoms with Crippen LogP contribution in [0.2, 0.25) is 0 Å². The van der Waals surface area contributed by atoms with E-state index in [4.69, 9.17) is 0 Å². The van der Waals surface area contributed by atoms with Gasteiger partial charge in [0.2, 0.25) is 6.08 Å². The standard InChI is InChI=1S/C16H12N4O/c21-12-17-15-8-6-14(7-9-15)16-19-18-11-20(16)10-13-4-2-1-3-5-13/h1-9,11H,10H2. The van der Waals surface area contributed by atoms with Crippen molar-refractivity contribution in [3.8, 4) is 11.4 Å². The first-order valence-electron chi connectivity index (χ1n) is 6.47. The van der Waals surface area contributed by atoms with Gasteiger partial charge in [0.05, 0.1) is 12.2 Å². The van der Waals surface area contributed by atoms with Gasteiger partial charge in [0, 0.05) is 5.56 Å². The van der Waals surface area contributed by atoms with Crippen molar-refractivity contribution < 1.29 is 4.79 Å². The summed E-state index contributed by atoms with van der Waals surface area (Å²) < 4.78 is 1.98. The molecule has 0 saturated carbocycles. The maximum atomic E-state index is 10.2. The topological polar surface area (TPSA) is 60.1 Å². The Bertz CT molecular complexity index is 772. The molecule has 3 rings (SSSR count). The molecule has 102 valence electrons. The number of hydrogen-bond donors (Lipinski definition) is 0. The third-order valence-corrected chi connectivity index (χ3v) is 3.11. The molecule has 0 aliphatic carbocycles. The number of aromatic nitrogens is 3. The first-order chi connectivity index (χ1) is 10.4. The number of aliphatic imine (C=N–C) groups is 1. The van der Waals surface area contributed by atoms with Gasteiger partial charge in [-0.3, -0.25) is 0 Å². The second kappa shape index (κ2) is 5.94. The lowest BCUT2D eigenvalue weighted by atomic mass is 10.2. The average Bonchev–Trinajstić information content (AvgIpc) is 2.98. The van der Waals surface area contributed by atoms with Gasteiger partial charge in [-0.1, -0.05) is 30.3 Å². The molecular formula is C16H12N4O. The second-order valence-electron chi connectivity index (χ2n) is 4.52. The van der Waals surface area contributed by atoms with E-state index in [9.17, 15) is 4.79 Å². The minimum atomic E-state index is 0.572. The summed E-state index contributed by atoms with van der Waals surface area (Å²) in [6, 6.07) is 17.4. The van der Waals surface area contributed by atoms with Crippen LogP contribution in [-0.4, -0.2) is 20.8 Å². The summed E-state index contributed by atoms with van der Waals surface area (Å²) in [5, 5.41) is 8.14. The number of hydrogen-bond acceptors (Lipinski definition) is 4. The van der Waals surface area contributed by atoms with E-state index in [0.29, 0.717) is 12.2 Å². The maximum absolute atomic E-state index is 10.2. The molecule has 0 amide bonds. The van der Waals surface area contributed by atoms with Gasteiger partial charge in [-0.05, 0) is 29.8 Å². The van der Waals surface area contributed by atoms with E-state index in [2.05, 4.69) is 27.3 Å². The van der Waals surface area contributed by atoms with Gasteiger partial charge in [-0.15, -0.1) is 10.2 Å². The van der Waals surface area contributed by atoms with Gasteiger partial charge in [-0.2, -0.15) is 4.99 Å².